The molecule has 1 aliphatic rings. The summed E-state index contributed by atoms with van der Waals surface area (Å²) < 4.78 is 30.1. The molecule has 0 aromatic heterocycles. The van der Waals surface area contributed by atoms with Gasteiger partial charge in [-0.1, -0.05) is 66.7 Å². The van der Waals surface area contributed by atoms with Gasteiger partial charge in [0.1, 0.15) is 22.8 Å². The minimum atomic E-state index is -0.573. The zero-order valence-electron chi connectivity index (χ0n) is 27.8. The highest BCUT2D eigenvalue weighted by Crippen LogP contribution is 2.38. The number of ether oxygens (including phenoxy) is 5. The molecule has 7 nitrogen and oxygen atoms in total. The third kappa shape index (κ3) is 8.52. The highest BCUT2D eigenvalue weighted by atomic mass is 16.6. The maximum Gasteiger partial charge on any atom is 0.410 e. The van der Waals surface area contributed by atoms with Gasteiger partial charge in [0.05, 0.1) is 40.1 Å². The minimum absolute atomic E-state index is 0.0898. The van der Waals surface area contributed by atoms with Crippen LogP contribution in [0, 0.1) is 0 Å². The van der Waals surface area contributed by atoms with Crippen molar-refractivity contribution >= 4 is 16.9 Å². The number of unbranched alkanes of at least 4 members (excludes halogenated alkanes) is 1. The number of benzene rings is 4. The van der Waals surface area contributed by atoms with Crippen LogP contribution in [0.3, 0.4) is 0 Å². The minimum Gasteiger partial charge on any atom is -0.496 e. The lowest BCUT2D eigenvalue weighted by molar-refractivity contribution is -0.0363. The Morgan fingerprint density at radius 2 is 1.59 bits per heavy atom. The molecule has 4 aromatic carbocycles. The number of carbonyl (C=O) groups excluding carboxylic acids is 1. The number of carbonyl (C=O) groups is 1. The van der Waals surface area contributed by atoms with Gasteiger partial charge in [-0.3, -0.25) is 0 Å². The molecule has 0 saturated carbocycles. The third-order valence-corrected chi connectivity index (χ3v) is 8.40. The zero-order valence-corrected chi connectivity index (χ0v) is 27.8. The second kappa shape index (κ2) is 15.4. The summed E-state index contributed by atoms with van der Waals surface area (Å²) in [5, 5.41) is 1.95. The molecular formula is C39H47NO6. The molecule has 0 radical (unpaired) electrons. The van der Waals surface area contributed by atoms with Crippen LogP contribution in [-0.2, 0) is 22.5 Å². The Balaban J connectivity index is 1.28. The first-order chi connectivity index (χ1) is 22.3. The fourth-order valence-corrected chi connectivity index (χ4v) is 6.12. The molecule has 0 N–H and O–H groups in total. The average molecular weight is 626 g/mol. The number of likely N-dealkylation sites (tertiary alicyclic amines) is 1. The molecule has 5 rings (SSSR count). The number of amides is 1. The van der Waals surface area contributed by atoms with Crippen molar-refractivity contribution in [2.24, 2.45) is 0 Å². The predicted molar refractivity (Wildman–Crippen MR) is 182 cm³/mol. The van der Waals surface area contributed by atoms with Gasteiger partial charge in [-0.15, -0.1) is 0 Å². The van der Waals surface area contributed by atoms with Crippen LogP contribution in [0.15, 0.2) is 84.9 Å². The smallest absolute Gasteiger partial charge is 0.410 e. The van der Waals surface area contributed by atoms with Gasteiger partial charge in [-0.25, -0.2) is 4.79 Å². The summed E-state index contributed by atoms with van der Waals surface area (Å²) in [6, 6.07) is 28.9. The Morgan fingerprint density at radius 1 is 0.870 bits per heavy atom. The molecule has 1 amide bonds. The fraction of sp³-hybridized carbons (Fsp3) is 0.410. The third-order valence-electron chi connectivity index (χ3n) is 8.40. The number of hydrogen-bond acceptors (Lipinski definition) is 6. The van der Waals surface area contributed by atoms with E-state index in [1.54, 1.807) is 19.1 Å². The van der Waals surface area contributed by atoms with Crippen molar-refractivity contribution in [3.05, 3.63) is 102 Å². The second-order valence-corrected chi connectivity index (χ2v) is 12.8. The first-order valence-electron chi connectivity index (χ1n) is 16.2. The Labute approximate surface area is 273 Å². The maximum absolute atomic E-state index is 13.1. The van der Waals surface area contributed by atoms with Crippen LogP contribution in [0.4, 0.5) is 4.79 Å². The van der Waals surface area contributed by atoms with Gasteiger partial charge < -0.3 is 28.6 Å². The molecular weight excluding hydrogens is 578 g/mol. The van der Waals surface area contributed by atoms with E-state index in [2.05, 4.69) is 42.5 Å². The standard InChI is InChI=1S/C39H47NO6/c1-39(2,3)46-38(41)40-23-22-32(29-18-20-31(21-19-29)44-24-12-11-15-28-13-7-6-8-14-28)36(26-40)45-27-30-25-35(42-4)33-16-9-10-17-34(33)37(30)43-5/h6-10,13-14,16-21,25,32,36H,11-12,15,22-24,26-27H2,1-5H3. The van der Waals surface area contributed by atoms with Crippen LogP contribution >= 0.6 is 0 Å². The molecule has 2 atom stereocenters. The molecule has 0 spiro atoms. The largest absolute Gasteiger partial charge is 0.496 e. The van der Waals surface area contributed by atoms with E-state index in [4.69, 9.17) is 23.7 Å². The molecule has 1 saturated heterocycles. The SMILES string of the molecule is COc1cc(COC2CN(C(=O)OC(C)(C)C)CCC2c2ccc(OCCCCc3ccccc3)cc2)c(OC)c2ccccc12. The van der Waals surface area contributed by atoms with E-state index >= 15 is 0 Å². The van der Waals surface area contributed by atoms with Crippen molar-refractivity contribution in [3.63, 3.8) is 0 Å². The molecule has 4 aromatic rings. The summed E-state index contributed by atoms with van der Waals surface area (Å²) in [5.74, 6) is 2.48. The number of methoxy groups -OCH3 is 2. The van der Waals surface area contributed by atoms with Crippen LogP contribution in [-0.4, -0.2) is 56.6 Å². The summed E-state index contributed by atoms with van der Waals surface area (Å²) in [4.78, 5) is 14.8. The van der Waals surface area contributed by atoms with Crippen LogP contribution in [0.5, 0.6) is 17.2 Å². The Kier molecular flexibility index (Phi) is 11.1. The molecule has 1 fully saturated rings. The second-order valence-electron chi connectivity index (χ2n) is 12.8. The number of rotatable bonds is 12. The number of aryl methyl sites for hydroxylation is 1. The van der Waals surface area contributed by atoms with Gasteiger partial charge in [0.15, 0.2) is 0 Å². The molecule has 1 heterocycles. The van der Waals surface area contributed by atoms with Crippen molar-refractivity contribution in [1.29, 1.82) is 0 Å². The van der Waals surface area contributed by atoms with Gasteiger partial charge in [-0.05, 0) is 75.8 Å². The van der Waals surface area contributed by atoms with Gasteiger partial charge in [-0.2, -0.15) is 0 Å². The van der Waals surface area contributed by atoms with E-state index in [0.29, 0.717) is 26.3 Å². The highest BCUT2D eigenvalue weighted by molar-refractivity contribution is 5.94. The Morgan fingerprint density at radius 3 is 2.28 bits per heavy atom. The number of fused-ring (bicyclic) bond motifs is 1. The van der Waals surface area contributed by atoms with Crippen molar-refractivity contribution in [2.75, 3.05) is 33.9 Å². The average Bonchev–Trinajstić information content (AvgIpc) is 3.06. The van der Waals surface area contributed by atoms with Gasteiger partial charge >= 0.3 is 6.09 Å². The number of hydrogen-bond donors (Lipinski definition) is 0. The van der Waals surface area contributed by atoms with E-state index in [9.17, 15) is 4.79 Å². The van der Waals surface area contributed by atoms with Crippen LogP contribution in [0.25, 0.3) is 10.8 Å². The molecule has 46 heavy (non-hydrogen) atoms. The normalized spacial score (nSPS) is 16.7. The summed E-state index contributed by atoms with van der Waals surface area (Å²) >= 11 is 0. The summed E-state index contributed by atoms with van der Waals surface area (Å²) in [5.41, 5.74) is 2.84. The molecule has 7 heteroatoms. The lowest BCUT2D eigenvalue weighted by Crippen LogP contribution is -2.48. The van der Waals surface area contributed by atoms with Crippen LogP contribution in [0.1, 0.15) is 62.6 Å². The fourth-order valence-electron chi connectivity index (χ4n) is 6.12. The van der Waals surface area contributed by atoms with Gasteiger partial charge in [0.2, 0.25) is 0 Å². The highest BCUT2D eigenvalue weighted by Gasteiger charge is 2.35. The first-order valence-corrected chi connectivity index (χ1v) is 16.2. The zero-order chi connectivity index (χ0) is 32.5. The lowest BCUT2D eigenvalue weighted by atomic mass is 9.87. The molecule has 0 bridgehead atoms. The van der Waals surface area contributed by atoms with Crippen molar-refractivity contribution in [1.82, 2.24) is 4.90 Å². The Hall–Kier alpha value is -4.23. The first kappa shape index (κ1) is 33.1. The van der Waals surface area contributed by atoms with E-state index in [0.717, 1.165) is 64.8 Å². The summed E-state index contributed by atoms with van der Waals surface area (Å²) in [6.45, 7) is 7.66. The van der Waals surface area contributed by atoms with E-state index in [-0.39, 0.29) is 18.1 Å². The Bertz CT molecular complexity index is 1560. The maximum atomic E-state index is 13.1. The topological polar surface area (TPSA) is 66.5 Å². The summed E-state index contributed by atoms with van der Waals surface area (Å²) in [6.07, 6.45) is 3.32. The van der Waals surface area contributed by atoms with Crippen molar-refractivity contribution < 1.29 is 28.5 Å². The lowest BCUT2D eigenvalue weighted by Gasteiger charge is -2.39. The number of nitrogens with zero attached hydrogens (tertiary/aromatic N) is 1. The van der Waals surface area contributed by atoms with E-state index in [1.165, 1.54) is 5.56 Å². The van der Waals surface area contributed by atoms with Crippen molar-refractivity contribution in [3.8, 4) is 17.2 Å². The van der Waals surface area contributed by atoms with Crippen molar-refractivity contribution in [2.45, 2.75) is 70.7 Å². The van der Waals surface area contributed by atoms with Gasteiger partial charge in [0.25, 0.3) is 0 Å². The van der Waals surface area contributed by atoms with E-state index in [1.807, 2.05) is 63.2 Å². The van der Waals surface area contributed by atoms with E-state index < -0.39 is 5.60 Å². The number of piperidine rings is 1. The van der Waals surface area contributed by atoms with Gasteiger partial charge in [0, 0.05) is 28.8 Å². The molecule has 0 aliphatic carbocycles. The molecule has 1 aliphatic heterocycles. The predicted octanol–water partition coefficient (Wildman–Crippen LogP) is 8.57. The van der Waals surface area contributed by atoms with Crippen LogP contribution in [0.2, 0.25) is 0 Å². The monoisotopic (exact) mass is 625 g/mol. The summed E-state index contributed by atoms with van der Waals surface area (Å²) in [7, 11) is 3.35. The molecule has 244 valence electrons. The van der Waals surface area contributed by atoms with Crippen LogP contribution < -0.4 is 14.2 Å². The quantitative estimate of drug-likeness (QED) is 0.147. The molecule has 2 unspecified atom stereocenters.